The number of hydrogen-bond acceptors (Lipinski definition) is 5. The summed E-state index contributed by atoms with van der Waals surface area (Å²) in [6.45, 7) is -0.160. The topological polar surface area (TPSA) is 72.8 Å². The van der Waals surface area contributed by atoms with Gasteiger partial charge < -0.3 is 9.47 Å². The Balaban J connectivity index is 1.26. The molecular weight excluding hydrogens is 498 g/mol. The van der Waals surface area contributed by atoms with E-state index in [2.05, 4.69) is 28.7 Å². The van der Waals surface area contributed by atoms with Gasteiger partial charge in [-0.05, 0) is 89.5 Å². The van der Waals surface area contributed by atoms with Gasteiger partial charge in [0.25, 0.3) is 5.91 Å². The molecule has 6 nitrogen and oxygen atoms in total. The molecule has 5 aromatic rings. The van der Waals surface area contributed by atoms with Crippen LogP contribution >= 0.6 is 11.6 Å². The number of pyridine rings is 1. The van der Waals surface area contributed by atoms with Gasteiger partial charge in [0.2, 0.25) is 0 Å². The maximum atomic E-state index is 12.1. The van der Waals surface area contributed by atoms with Gasteiger partial charge >= 0.3 is 0 Å². The number of hydrazone groups is 1. The maximum Gasteiger partial charge on any atom is 0.277 e. The molecule has 0 unspecified atom stereocenters. The molecule has 1 heterocycles. The summed E-state index contributed by atoms with van der Waals surface area (Å²) in [7, 11) is 1.61. The number of rotatable bonds is 8. The van der Waals surface area contributed by atoms with Gasteiger partial charge in [0.15, 0.2) is 6.61 Å². The Labute approximate surface area is 225 Å². The summed E-state index contributed by atoms with van der Waals surface area (Å²) >= 11 is 6.29. The summed E-state index contributed by atoms with van der Waals surface area (Å²) in [6.07, 6.45) is 1.56. The monoisotopic (exact) mass is 521 g/mol. The molecule has 188 valence electrons. The fourth-order valence-electron chi connectivity index (χ4n) is 3.97. The standard InChI is InChI=1S/C31H24ClN3O3/c1-37-25-12-7-21(8-13-25)19-33-35-31(36)20-38-26-14-9-23(10-15-26)30-18-27(22-5-3-2-4-6-22)28-17-24(32)11-16-29(28)34-30/h2-19H,20H2,1H3,(H,35,36)/b33-19-. The Hall–Kier alpha value is -4.68. The van der Waals surface area contributed by atoms with Gasteiger partial charge in [0, 0.05) is 16.0 Å². The number of hydrogen-bond donors (Lipinski definition) is 1. The van der Waals surface area contributed by atoms with E-state index in [0.29, 0.717) is 10.8 Å². The first-order valence-corrected chi connectivity index (χ1v) is 12.3. The summed E-state index contributed by atoms with van der Waals surface area (Å²) in [5, 5.41) is 5.63. The molecule has 0 spiro atoms. The SMILES string of the molecule is COc1ccc(/C=N\NC(=O)COc2ccc(-c3cc(-c4ccccc4)c4cc(Cl)ccc4n3)cc2)cc1. The lowest BCUT2D eigenvalue weighted by Gasteiger charge is -2.11. The van der Waals surface area contributed by atoms with Gasteiger partial charge in [-0.3, -0.25) is 4.79 Å². The fraction of sp³-hybridized carbons (Fsp3) is 0.0645. The number of nitrogens with one attached hydrogen (secondary N) is 1. The summed E-state index contributed by atoms with van der Waals surface area (Å²) < 4.78 is 10.8. The van der Waals surface area contributed by atoms with Gasteiger partial charge in [-0.2, -0.15) is 5.10 Å². The lowest BCUT2D eigenvalue weighted by Crippen LogP contribution is -2.24. The van der Waals surface area contributed by atoms with Crippen LogP contribution in [-0.4, -0.2) is 30.8 Å². The second-order valence-corrected chi connectivity index (χ2v) is 8.90. The van der Waals surface area contributed by atoms with Crippen molar-refractivity contribution >= 4 is 34.6 Å². The normalized spacial score (nSPS) is 11.0. The van der Waals surface area contributed by atoms with E-state index in [4.69, 9.17) is 26.1 Å². The van der Waals surface area contributed by atoms with Crippen molar-refractivity contribution in [3.05, 3.63) is 114 Å². The molecule has 0 bridgehead atoms. The summed E-state index contributed by atoms with van der Waals surface area (Å²) in [6, 6.07) is 32.8. The third-order valence-electron chi connectivity index (χ3n) is 5.89. The first kappa shape index (κ1) is 25.0. The minimum atomic E-state index is -0.360. The first-order chi connectivity index (χ1) is 18.6. The quantitative estimate of drug-likeness (QED) is 0.181. The second-order valence-electron chi connectivity index (χ2n) is 8.46. The van der Waals surface area contributed by atoms with Crippen LogP contribution in [0.3, 0.4) is 0 Å². The highest BCUT2D eigenvalue weighted by Gasteiger charge is 2.11. The summed E-state index contributed by atoms with van der Waals surface area (Å²) in [4.78, 5) is 17.0. The van der Waals surface area contributed by atoms with Crippen molar-refractivity contribution < 1.29 is 14.3 Å². The molecule has 0 radical (unpaired) electrons. The minimum Gasteiger partial charge on any atom is -0.497 e. The molecule has 0 saturated carbocycles. The number of benzene rings is 4. The molecular formula is C31H24ClN3O3. The molecule has 5 rings (SSSR count). The molecule has 4 aromatic carbocycles. The highest BCUT2D eigenvalue weighted by atomic mass is 35.5. The molecule has 38 heavy (non-hydrogen) atoms. The lowest BCUT2D eigenvalue weighted by molar-refractivity contribution is -0.123. The van der Waals surface area contributed by atoms with E-state index in [1.165, 1.54) is 0 Å². The maximum absolute atomic E-state index is 12.1. The van der Waals surface area contributed by atoms with E-state index in [0.717, 1.165) is 44.6 Å². The van der Waals surface area contributed by atoms with Crippen LogP contribution < -0.4 is 14.9 Å². The van der Waals surface area contributed by atoms with E-state index in [-0.39, 0.29) is 12.5 Å². The molecule has 0 atom stereocenters. The molecule has 0 fully saturated rings. The Morgan fingerprint density at radius 3 is 2.37 bits per heavy atom. The third kappa shape index (κ3) is 5.99. The zero-order chi connectivity index (χ0) is 26.3. The van der Waals surface area contributed by atoms with Gasteiger partial charge in [-0.25, -0.2) is 10.4 Å². The number of fused-ring (bicyclic) bond motifs is 1. The average molecular weight is 522 g/mol. The van der Waals surface area contributed by atoms with Crippen LogP contribution in [0.2, 0.25) is 5.02 Å². The highest BCUT2D eigenvalue weighted by Crippen LogP contribution is 2.33. The molecule has 0 aliphatic rings. The molecule has 1 N–H and O–H groups in total. The predicted molar refractivity (Wildman–Crippen MR) is 152 cm³/mol. The smallest absolute Gasteiger partial charge is 0.277 e. The molecule has 1 amide bonds. The second kappa shape index (κ2) is 11.6. The van der Waals surface area contributed by atoms with Gasteiger partial charge in [-0.15, -0.1) is 0 Å². The first-order valence-electron chi connectivity index (χ1n) is 11.9. The molecule has 0 saturated heterocycles. The molecule has 0 aliphatic carbocycles. The van der Waals surface area contributed by atoms with Crippen LogP contribution in [0, 0.1) is 0 Å². The van der Waals surface area contributed by atoms with Crippen molar-refractivity contribution in [1.29, 1.82) is 0 Å². The number of amides is 1. The largest absolute Gasteiger partial charge is 0.497 e. The number of carbonyl (C=O) groups is 1. The van der Waals surface area contributed by atoms with Crippen molar-refractivity contribution in [3.63, 3.8) is 0 Å². The number of carbonyl (C=O) groups excluding carboxylic acids is 1. The number of ether oxygens (including phenoxy) is 2. The number of nitrogens with zero attached hydrogens (tertiary/aromatic N) is 2. The van der Waals surface area contributed by atoms with Crippen LogP contribution in [0.25, 0.3) is 33.3 Å². The number of halogens is 1. The fourth-order valence-corrected chi connectivity index (χ4v) is 4.15. The van der Waals surface area contributed by atoms with E-state index in [1.807, 2.05) is 84.9 Å². The van der Waals surface area contributed by atoms with Crippen molar-refractivity contribution in [2.24, 2.45) is 5.10 Å². The Kier molecular flexibility index (Phi) is 7.62. The van der Waals surface area contributed by atoms with Crippen LogP contribution in [-0.2, 0) is 4.79 Å². The van der Waals surface area contributed by atoms with E-state index in [9.17, 15) is 4.79 Å². The van der Waals surface area contributed by atoms with E-state index < -0.39 is 0 Å². The van der Waals surface area contributed by atoms with Crippen LogP contribution in [0.15, 0.2) is 108 Å². The number of methoxy groups -OCH3 is 1. The lowest BCUT2D eigenvalue weighted by atomic mass is 9.98. The highest BCUT2D eigenvalue weighted by molar-refractivity contribution is 6.31. The van der Waals surface area contributed by atoms with Crippen molar-refractivity contribution in [2.45, 2.75) is 0 Å². The van der Waals surface area contributed by atoms with Crippen LogP contribution in [0.5, 0.6) is 11.5 Å². The zero-order valence-electron chi connectivity index (χ0n) is 20.6. The summed E-state index contributed by atoms with van der Waals surface area (Å²) in [5.74, 6) is 0.962. The molecule has 1 aromatic heterocycles. The van der Waals surface area contributed by atoms with Crippen molar-refractivity contribution in [1.82, 2.24) is 10.4 Å². The van der Waals surface area contributed by atoms with Crippen LogP contribution in [0.4, 0.5) is 0 Å². The van der Waals surface area contributed by atoms with Crippen molar-refractivity contribution in [3.8, 4) is 33.9 Å². The number of aromatic nitrogens is 1. The Morgan fingerprint density at radius 2 is 1.63 bits per heavy atom. The molecule has 0 aliphatic heterocycles. The Morgan fingerprint density at radius 1 is 0.895 bits per heavy atom. The zero-order valence-corrected chi connectivity index (χ0v) is 21.4. The van der Waals surface area contributed by atoms with Crippen LogP contribution in [0.1, 0.15) is 5.56 Å². The average Bonchev–Trinajstić information content (AvgIpc) is 2.96. The van der Waals surface area contributed by atoms with Crippen molar-refractivity contribution in [2.75, 3.05) is 13.7 Å². The van der Waals surface area contributed by atoms with E-state index >= 15 is 0 Å². The Bertz CT molecular complexity index is 1590. The van der Waals surface area contributed by atoms with Gasteiger partial charge in [-0.1, -0.05) is 41.9 Å². The van der Waals surface area contributed by atoms with Gasteiger partial charge in [0.1, 0.15) is 11.5 Å². The summed E-state index contributed by atoms with van der Waals surface area (Å²) in [5.41, 5.74) is 8.06. The third-order valence-corrected chi connectivity index (χ3v) is 6.13. The van der Waals surface area contributed by atoms with Gasteiger partial charge in [0.05, 0.1) is 24.5 Å². The van der Waals surface area contributed by atoms with E-state index in [1.54, 1.807) is 13.3 Å². The molecule has 7 heteroatoms. The predicted octanol–water partition coefficient (Wildman–Crippen LogP) is 6.76. The minimum absolute atomic E-state index is 0.160.